The molecule has 2 atom stereocenters. The first-order valence-electron chi connectivity index (χ1n) is 8.69. The number of alkyl carbamates (subject to hydrolysis) is 1. The predicted octanol–water partition coefficient (Wildman–Crippen LogP) is 0.530. The van der Waals surface area contributed by atoms with Gasteiger partial charge in [0.15, 0.2) is 5.72 Å². The molecule has 1 aliphatic rings. The van der Waals surface area contributed by atoms with Crippen molar-refractivity contribution in [1.82, 2.24) is 10.2 Å². The Morgan fingerprint density at radius 1 is 1.38 bits per heavy atom. The molecule has 4 N–H and O–H groups in total. The number of carbonyl (C=O) groups excluding carboxylic acids is 3. The third-order valence-corrected chi connectivity index (χ3v) is 4.20. The average Bonchev–Trinajstić information content (AvgIpc) is 2.88. The van der Waals surface area contributed by atoms with Gasteiger partial charge in [-0.15, -0.1) is 0 Å². The van der Waals surface area contributed by atoms with Gasteiger partial charge in [-0.1, -0.05) is 43.7 Å². The van der Waals surface area contributed by atoms with Crippen molar-refractivity contribution in [3.05, 3.63) is 35.9 Å². The van der Waals surface area contributed by atoms with Crippen LogP contribution in [0.5, 0.6) is 0 Å². The van der Waals surface area contributed by atoms with Crippen LogP contribution in [-0.2, 0) is 20.7 Å². The number of benzene rings is 1. The van der Waals surface area contributed by atoms with E-state index in [2.05, 4.69) is 5.32 Å². The average molecular weight is 363 g/mol. The number of imide groups is 1. The van der Waals surface area contributed by atoms with E-state index in [1.54, 1.807) is 0 Å². The van der Waals surface area contributed by atoms with Crippen LogP contribution in [0.4, 0.5) is 4.79 Å². The molecule has 8 heteroatoms. The van der Waals surface area contributed by atoms with E-state index in [1.165, 1.54) is 0 Å². The van der Waals surface area contributed by atoms with Crippen LogP contribution in [0, 0.1) is 0 Å². The van der Waals surface area contributed by atoms with Crippen LogP contribution in [0.3, 0.4) is 0 Å². The zero-order chi connectivity index (χ0) is 19.2. The van der Waals surface area contributed by atoms with Gasteiger partial charge in [-0.3, -0.25) is 20.2 Å². The Bertz CT molecular complexity index is 647. The second kappa shape index (κ2) is 8.77. The van der Waals surface area contributed by atoms with Gasteiger partial charge in [0.25, 0.3) is 11.8 Å². The van der Waals surface area contributed by atoms with Crippen LogP contribution in [0.2, 0.25) is 0 Å². The first-order chi connectivity index (χ1) is 12.3. The molecule has 142 valence electrons. The molecule has 1 aromatic carbocycles. The molecule has 1 aromatic rings. The molecule has 0 radical (unpaired) electrons. The van der Waals surface area contributed by atoms with Crippen LogP contribution >= 0.6 is 0 Å². The Kier molecular flexibility index (Phi) is 6.70. The minimum absolute atomic E-state index is 0.00250. The third-order valence-electron chi connectivity index (χ3n) is 4.20. The van der Waals surface area contributed by atoms with Gasteiger partial charge < -0.3 is 15.2 Å². The maximum absolute atomic E-state index is 12.8. The molecular weight excluding hydrogens is 338 g/mol. The van der Waals surface area contributed by atoms with Crippen molar-refractivity contribution in [1.29, 1.82) is 0 Å². The Hall–Kier alpha value is -2.45. The van der Waals surface area contributed by atoms with Gasteiger partial charge in [-0.2, -0.15) is 0 Å². The number of hydrogen-bond donors (Lipinski definition) is 3. The lowest BCUT2D eigenvalue weighted by Gasteiger charge is -2.24. The summed E-state index contributed by atoms with van der Waals surface area (Å²) in [5.74, 6) is -1.48. The van der Waals surface area contributed by atoms with Crippen molar-refractivity contribution < 1.29 is 24.2 Å². The monoisotopic (exact) mass is 363 g/mol. The zero-order valence-electron chi connectivity index (χ0n) is 14.8. The van der Waals surface area contributed by atoms with Crippen molar-refractivity contribution >= 4 is 17.9 Å². The number of hydrogen-bond acceptors (Lipinski definition) is 6. The fourth-order valence-corrected chi connectivity index (χ4v) is 2.67. The zero-order valence-corrected chi connectivity index (χ0v) is 14.8. The van der Waals surface area contributed by atoms with Gasteiger partial charge in [0, 0.05) is 19.4 Å². The Morgan fingerprint density at radius 3 is 2.65 bits per heavy atom. The summed E-state index contributed by atoms with van der Waals surface area (Å²) >= 11 is 0. The molecule has 26 heavy (non-hydrogen) atoms. The molecule has 1 fully saturated rings. The normalized spacial score (nSPS) is 20.7. The number of unbranched alkanes of at least 4 members (excludes halogenated alkanes) is 1. The fraction of sp³-hybridized carbons (Fsp3) is 0.500. The summed E-state index contributed by atoms with van der Waals surface area (Å²) in [6.07, 6.45) is 1.01. The summed E-state index contributed by atoms with van der Waals surface area (Å²) in [4.78, 5) is 37.8. The molecule has 1 aliphatic heterocycles. The molecule has 1 heterocycles. The first-order valence-corrected chi connectivity index (χ1v) is 8.69. The number of carbonyl (C=O) groups is 3. The molecular formula is C18H25N3O5. The molecule has 0 spiro atoms. The number of amides is 3. The Balaban J connectivity index is 2.10. The highest BCUT2D eigenvalue weighted by molar-refractivity contribution is 6.03. The van der Waals surface area contributed by atoms with Crippen molar-refractivity contribution in [2.24, 2.45) is 5.73 Å². The molecule has 0 unspecified atom stereocenters. The largest absolute Gasteiger partial charge is 0.450 e. The highest BCUT2D eigenvalue weighted by Gasteiger charge is 2.46. The van der Waals surface area contributed by atoms with Crippen LogP contribution in [0.1, 0.15) is 31.7 Å². The van der Waals surface area contributed by atoms with Crippen LogP contribution in [-0.4, -0.2) is 52.8 Å². The maximum atomic E-state index is 12.8. The van der Waals surface area contributed by atoms with Gasteiger partial charge in [0.1, 0.15) is 6.04 Å². The van der Waals surface area contributed by atoms with Crippen molar-refractivity contribution in [3.8, 4) is 0 Å². The quantitative estimate of drug-likeness (QED) is 0.480. The van der Waals surface area contributed by atoms with Crippen molar-refractivity contribution in [2.75, 3.05) is 13.2 Å². The molecule has 0 bridgehead atoms. The van der Waals surface area contributed by atoms with E-state index in [0.29, 0.717) is 0 Å². The number of ether oxygens (including phenoxy) is 1. The number of nitrogens with zero attached hydrogens (tertiary/aromatic N) is 1. The molecule has 0 aliphatic carbocycles. The van der Waals surface area contributed by atoms with Crippen molar-refractivity contribution in [2.45, 2.75) is 44.4 Å². The second-order valence-electron chi connectivity index (χ2n) is 6.35. The van der Waals surface area contributed by atoms with Gasteiger partial charge >= 0.3 is 6.09 Å². The Morgan fingerprint density at radius 2 is 2.08 bits per heavy atom. The lowest BCUT2D eigenvalue weighted by atomic mass is 10.0. The predicted molar refractivity (Wildman–Crippen MR) is 93.8 cm³/mol. The summed E-state index contributed by atoms with van der Waals surface area (Å²) in [7, 11) is 0. The molecule has 8 nitrogen and oxygen atoms in total. The highest BCUT2D eigenvalue weighted by Crippen LogP contribution is 2.19. The summed E-state index contributed by atoms with van der Waals surface area (Å²) in [5.41, 5.74) is 4.25. The third kappa shape index (κ3) is 5.03. The topological polar surface area (TPSA) is 122 Å². The SMILES string of the molecule is CCCCOC(=O)N[C@@H](Cc1ccccc1)C(=O)N1CC[C@@](N)(O)C1=O. The fourth-order valence-electron chi connectivity index (χ4n) is 2.67. The van der Waals surface area contributed by atoms with E-state index < -0.39 is 29.7 Å². The molecule has 0 saturated carbocycles. The highest BCUT2D eigenvalue weighted by atomic mass is 16.5. The number of likely N-dealkylation sites (tertiary alicyclic amines) is 1. The Labute approximate surface area is 152 Å². The van der Waals surface area contributed by atoms with Crippen molar-refractivity contribution in [3.63, 3.8) is 0 Å². The van der Waals surface area contributed by atoms with E-state index in [1.807, 2.05) is 37.3 Å². The number of aliphatic hydroxyl groups is 1. The second-order valence-corrected chi connectivity index (χ2v) is 6.35. The van der Waals surface area contributed by atoms with E-state index >= 15 is 0 Å². The molecule has 1 saturated heterocycles. The lowest BCUT2D eigenvalue weighted by Crippen LogP contribution is -2.54. The van der Waals surface area contributed by atoms with E-state index in [9.17, 15) is 19.5 Å². The van der Waals surface area contributed by atoms with Gasteiger partial charge in [0.2, 0.25) is 0 Å². The summed E-state index contributed by atoms with van der Waals surface area (Å²) in [6, 6.07) is 8.10. The maximum Gasteiger partial charge on any atom is 0.407 e. The van der Waals surface area contributed by atoms with Crippen LogP contribution in [0.15, 0.2) is 30.3 Å². The lowest BCUT2D eigenvalue weighted by molar-refractivity contribution is -0.151. The standard InChI is InChI=1S/C18H25N3O5/c1-2-3-11-26-17(24)20-14(12-13-7-5-4-6-8-13)15(22)21-10-9-18(19,25)16(21)23/h4-8,14,25H,2-3,9-12,19H2,1H3,(H,20,24)/t14-,18+/m0/s1. The van der Waals surface area contributed by atoms with Gasteiger partial charge in [-0.05, 0) is 12.0 Å². The summed E-state index contributed by atoms with van der Waals surface area (Å²) in [6.45, 7) is 2.22. The smallest absolute Gasteiger partial charge is 0.407 e. The summed E-state index contributed by atoms with van der Waals surface area (Å²) < 4.78 is 5.05. The minimum Gasteiger partial charge on any atom is -0.450 e. The van der Waals surface area contributed by atoms with Gasteiger partial charge in [0.05, 0.1) is 6.61 Å². The summed E-state index contributed by atoms with van der Waals surface area (Å²) in [5, 5.41) is 12.3. The first kappa shape index (κ1) is 19.9. The number of rotatable bonds is 7. The van der Waals surface area contributed by atoms with Crippen LogP contribution < -0.4 is 11.1 Å². The number of nitrogens with one attached hydrogen (secondary N) is 1. The molecule has 3 amide bonds. The molecule has 0 aromatic heterocycles. The van der Waals surface area contributed by atoms with E-state index in [0.717, 1.165) is 23.3 Å². The van der Waals surface area contributed by atoms with E-state index in [-0.39, 0.29) is 26.0 Å². The number of nitrogens with two attached hydrogens (primary N) is 1. The van der Waals surface area contributed by atoms with Crippen LogP contribution in [0.25, 0.3) is 0 Å². The minimum atomic E-state index is -2.05. The van der Waals surface area contributed by atoms with Gasteiger partial charge in [-0.25, -0.2) is 4.79 Å². The van der Waals surface area contributed by atoms with E-state index in [4.69, 9.17) is 10.5 Å². The molecule has 2 rings (SSSR count).